The molecule has 1 atom stereocenters. The standard InChI is InChI=1S/C9H20NO/c1-6-8-11-9(3)10(4,5)7-2/h6,8-9H,7H2,1-5H3/q+1. The van der Waals surface area contributed by atoms with E-state index in [1.165, 1.54) is 0 Å². The first kappa shape index (κ1) is 10.5. The molecule has 0 amide bonds. The molecule has 0 aliphatic rings. The number of hydrogen-bond acceptors (Lipinski definition) is 1. The lowest BCUT2D eigenvalue weighted by molar-refractivity contribution is -0.932. The molecule has 0 bridgehead atoms. The minimum Gasteiger partial charge on any atom is -0.451 e. The third-order valence-corrected chi connectivity index (χ3v) is 2.21. The lowest BCUT2D eigenvalue weighted by atomic mass is 10.4. The van der Waals surface area contributed by atoms with Gasteiger partial charge in [0, 0.05) is 6.92 Å². The molecule has 0 aromatic rings. The SMILES string of the molecule is CC=COC(C)[N+](C)(C)CC. The number of nitrogens with zero attached hydrogens (tertiary/aromatic N) is 1. The number of allylic oxidation sites excluding steroid dienone is 1. The maximum atomic E-state index is 5.44. The first-order chi connectivity index (χ1) is 5.04. The van der Waals surface area contributed by atoms with Gasteiger partial charge in [-0.25, -0.2) is 0 Å². The number of ether oxygens (including phenoxy) is 1. The second kappa shape index (κ2) is 4.39. The summed E-state index contributed by atoms with van der Waals surface area (Å²) in [5, 5.41) is 0. The summed E-state index contributed by atoms with van der Waals surface area (Å²) < 4.78 is 6.33. The molecule has 1 unspecified atom stereocenters. The van der Waals surface area contributed by atoms with Crippen molar-refractivity contribution in [3.8, 4) is 0 Å². The zero-order valence-electron chi connectivity index (χ0n) is 8.29. The molecule has 0 saturated carbocycles. The normalized spacial score (nSPS) is 15.4. The second-order valence-corrected chi connectivity index (χ2v) is 3.30. The largest absolute Gasteiger partial charge is 0.451 e. The Kier molecular flexibility index (Phi) is 4.19. The summed E-state index contributed by atoms with van der Waals surface area (Å²) in [5.41, 5.74) is 0. The second-order valence-electron chi connectivity index (χ2n) is 3.30. The molecule has 11 heavy (non-hydrogen) atoms. The molecule has 0 aromatic carbocycles. The van der Waals surface area contributed by atoms with Crippen LogP contribution < -0.4 is 0 Å². The number of rotatable bonds is 4. The van der Waals surface area contributed by atoms with E-state index in [0.29, 0.717) is 0 Å². The van der Waals surface area contributed by atoms with Crippen molar-refractivity contribution in [1.82, 2.24) is 0 Å². The summed E-state index contributed by atoms with van der Waals surface area (Å²) in [6.45, 7) is 7.29. The van der Waals surface area contributed by atoms with Crippen LogP contribution in [0.1, 0.15) is 20.8 Å². The minimum atomic E-state index is 0.233. The van der Waals surface area contributed by atoms with Gasteiger partial charge < -0.3 is 4.74 Å². The van der Waals surface area contributed by atoms with Crippen LogP contribution in [-0.4, -0.2) is 31.4 Å². The highest BCUT2D eigenvalue weighted by Gasteiger charge is 2.21. The molecular weight excluding hydrogens is 138 g/mol. The van der Waals surface area contributed by atoms with Gasteiger partial charge >= 0.3 is 0 Å². The average molecular weight is 158 g/mol. The Morgan fingerprint density at radius 3 is 2.36 bits per heavy atom. The van der Waals surface area contributed by atoms with Crippen molar-refractivity contribution in [2.45, 2.75) is 27.0 Å². The predicted octanol–water partition coefficient (Wildman–Crippen LogP) is 1.98. The van der Waals surface area contributed by atoms with Crippen LogP contribution in [0.25, 0.3) is 0 Å². The van der Waals surface area contributed by atoms with E-state index >= 15 is 0 Å². The summed E-state index contributed by atoms with van der Waals surface area (Å²) >= 11 is 0. The monoisotopic (exact) mass is 158 g/mol. The van der Waals surface area contributed by atoms with Gasteiger partial charge in [0.1, 0.15) is 0 Å². The molecule has 0 saturated heterocycles. The Balaban J connectivity index is 3.90. The van der Waals surface area contributed by atoms with E-state index in [9.17, 15) is 0 Å². The fourth-order valence-electron chi connectivity index (χ4n) is 0.614. The van der Waals surface area contributed by atoms with Gasteiger partial charge in [-0.2, -0.15) is 0 Å². The molecule has 0 heterocycles. The minimum absolute atomic E-state index is 0.233. The van der Waals surface area contributed by atoms with Gasteiger partial charge in [0.05, 0.1) is 26.9 Å². The highest BCUT2D eigenvalue weighted by atomic mass is 16.5. The van der Waals surface area contributed by atoms with E-state index in [-0.39, 0.29) is 6.23 Å². The molecule has 0 fully saturated rings. The van der Waals surface area contributed by atoms with E-state index < -0.39 is 0 Å². The van der Waals surface area contributed by atoms with Gasteiger partial charge in [0.25, 0.3) is 0 Å². The molecular formula is C9H20NO+. The van der Waals surface area contributed by atoms with Crippen molar-refractivity contribution in [3.63, 3.8) is 0 Å². The van der Waals surface area contributed by atoms with Crippen molar-refractivity contribution < 1.29 is 9.22 Å². The summed E-state index contributed by atoms with van der Waals surface area (Å²) in [6.07, 6.45) is 3.89. The highest BCUT2D eigenvalue weighted by Crippen LogP contribution is 2.06. The van der Waals surface area contributed by atoms with E-state index in [4.69, 9.17) is 4.74 Å². The van der Waals surface area contributed by atoms with E-state index in [2.05, 4.69) is 27.9 Å². The predicted molar refractivity (Wildman–Crippen MR) is 48.0 cm³/mol. The molecule has 66 valence electrons. The summed E-state index contributed by atoms with van der Waals surface area (Å²) in [6, 6.07) is 0. The third-order valence-electron chi connectivity index (χ3n) is 2.21. The molecule has 0 aliphatic heterocycles. The molecule has 0 aromatic heterocycles. The topological polar surface area (TPSA) is 9.23 Å². The quantitative estimate of drug-likeness (QED) is 0.345. The van der Waals surface area contributed by atoms with Crippen LogP contribution in [0.2, 0.25) is 0 Å². The van der Waals surface area contributed by atoms with Gasteiger partial charge in [-0.3, -0.25) is 4.48 Å². The maximum Gasteiger partial charge on any atom is 0.229 e. The lowest BCUT2D eigenvalue weighted by Gasteiger charge is -2.33. The van der Waals surface area contributed by atoms with Gasteiger partial charge in [-0.05, 0) is 13.8 Å². The third kappa shape index (κ3) is 3.42. The van der Waals surface area contributed by atoms with Crippen molar-refractivity contribution in [2.75, 3.05) is 20.6 Å². The van der Waals surface area contributed by atoms with Crippen LogP contribution in [-0.2, 0) is 4.74 Å². The Labute approximate surface area is 70.1 Å². The Hall–Kier alpha value is -0.500. The van der Waals surface area contributed by atoms with Crippen molar-refractivity contribution in [3.05, 3.63) is 12.3 Å². The summed E-state index contributed by atoms with van der Waals surface area (Å²) in [7, 11) is 4.32. The van der Waals surface area contributed by atoms with Crippen molar-refractivity contribution in [1.29, 1.82) is 0 Å². The zero-order chi connectivity index (χ0) is 8.91. The number of hydrogen-bond donors (Lipinski definition) is 0. The first-order valence-electron chi connectivity index (χ1n) is 4.14. The molecule has 0 spiro atoms. The average Bonchev–Trinajstić information content (AvgIpc) is 2.00. The van der Waals surface area contributed by atoms with Gasteiger partial charge in [-0.1, -0.05) is 6.08 Å². The smallest absolute Gasteiger partial charge is 0.229 e. The van der Waals surface area contributed by atoms with Crippen LogP contribution in [0, 0.1) is 0 Å². The molecule has 2 nitrogen and oxygen atoms in total. The fourth-order valence-corrected chi connectivity index (χ4v) is 0.614. The Bertz CT molecular complexity index is 130. The van der Waals surface area contributed by atoms with Crippen LogP contribution in [0.4, 0.5) is 0 Å². The maximum absolute atomic E-state index is 5.44. The highest BCUT2D eigenvalue weighted by molar-refractivity contribution is 4.65. The molecule has 0 rings (SSSR count). The van der Waals surface area contributed by atoms with Gasteiger partial charge in [-0.15, -0.1) is 0 Å². The molecule has 0 radical (unpaired) electrons. The van der Waals surface area contributed by atoms with Crippen LogP contribution in [0.5, 0.6) is 0 Å². The van der Waals surface area contributed by atoms with E-state index in [1.807, 2.05) is 13.0 Å². The molecule has 0 N–H and O–H groups in total. The van der Waals surface area contributed by atoms with E-state index in [0.717, 1.165) is 11.0 Å². The lowest BCUT2D eigenvalue weighted by Crippen LogP contribution is -2.47. The summed E-state index contributed by atoms with van der Waals surface area (Å²) in [5.74, 6) is 0. The van der Waals surface area contributed by atoms with Crippen LogP contribution in [0.15, 0.2) is 12.3 Å². The Morgan fingerprint density at radius 1 is 1.45 bits per heavy atom. The first-order valence-corrected chi connectivity index (χ1v) is 4.14. The zero-order valence-corrected chi connectivity index (χ0v) is 8.29. The fraction of sp³-hybridized carbons (Fsp3) is 0.778. The van der Waals surface area contributed by atoms with Gasteiger partial charge in [0.2, 0.25) is 6.23 Å². The van der Waals surface area contributed by atoms with Crippen LogP contribution >= 0.6 is 0 Å². The molecule has 0 aliphatic carbocycles. The van der Waals surface area contributed by atoms with Crippen molar-refractivity contribution >= 4 is 0 Å². The van der Waals surface area contributed by atoms with Gasteiger partial charge in [0.15, 0.2) is 0 Å². The van der Waals surface area contributed by atoms with E-state index in [1.54, 1.807) is 6.26 Å². The van der Waals surface area contributed by atoms with Crippen molar-refractivity contribution in [2.24, 2.45) is 0 Å². The van der Waals surface area contributed by atoms with Crippen LogP contribution in [0.3, 0.4) is 0 Å². The molecule has 2 heteroatoms. The number of quaternary nitrogens is 1. The Morgan fingerprint density at radius 2 is 2.00 bits per heavy atom. The summed E-state index contributed by atoms with van der Waals surface area (Å²) in [4.78, 5) is 0.